The second-order valence-corrected chi connectivity index (χ2v) is 7.96. The molecule has 0 aliphatic rings. The summed E-state index contributed by atoms with van der Waals surface area (Å²) in [5, 5.41) is 4.95. The minimum absolute atomic E-state index is 0.0516. The number of nitrogens with zero attached hydrogens (tertiary/aromatic N) is 2. The van der Waals surface area contributed by atoms with Gasteiger partial charge >= 0.3 is 0 Å². The molecule has 2 N–H and O–H groups in total. The number of carbonyl (C=O) groups is 1. The van der Waals surface area contributed by atoms with Gasteiger partial charge in [-0.3, -0.25) is 4.79 Å². The number of rotatable bonds is 5. The molecule has 0 aliphatic heterocycles. The van der Waals surface area contributed by atoms with Crippen molar-refractivity contribution in [3.05, 3.63) is 65.9 Å². The summed E-state index contributed by atoms with van der Waals surface area (Å²) in [5.74, 6) is -0.489. The number of aromatic nitrogens is 1. The first-order chi connectivity index (χ1) is 12.4. The highest BCUT2D eigenvalue weighted by molar-refractivity contribution is 7.89. The van der Waals surface area contributed by atoms with Crippen LogP contribution in [0.1, 0.15) is 15.9 Å². The third-order valence-corrected chi connectivity index (χ3v) is 5.68. The molecule has 8 heteroatoms. The van der Waals surface area contributed by atoms with Crippen molar-refractivity contribution in [1.82, 2.24) is 14.7 Å². The maximum absolute atomic E-state index is 12.2. The van der Waals surface area contributed by atoms with Crippen molar-refractivity contribution in [2.75, 3.05) is 14.1 Å². The number of aromatic amines is 1. The van der Waals surface area contributed by atoms with Crippen LogP contribution in [0.2, 0.25) is 0 Å². The van der Waals surface area contributed by atoms with Crippen LogP contribution in [-0.4, -0.2) is 43.9 Å². The average Bonchev–Trinajstić information content (AvgIpc) is 3.05. The molecule has 26 heavy (non-hydrogen) atoms. The smallest absolute Gasteiger partial charge is 0.271 e. The molecule has 0 spiro atoms. The van der Waals surface area contributed by atoms with E-state index in [-0.39, 0.29) is 10.5 Å². The number of amides is 1. The first-order valence-electron chi connectivity index (χ1n) is 7.82. The fourth-order valence-electron chi connectivity index (χ4n) is 2.43. The summed E-state index contributed by atoms with van der Waals surface area (Å²) in [6, 6.07) is 13.6. The summed E-state index contributed by atoms with van der Waals surface area (Å²) < 4.78 is 25.4. The first-order valence-corrected chi connectivity index (χ1v) is 9.26. The Morgan fingerprint density at radius 3 is 2.69 bits per heavy atom. The second-order valence-electron chi connectivity index (χ2n) is 5.80. The molecule has 0 atom stereocenters. The predicted octanol–water partition coefficient (Wildman–Crippen LogP) is 2.18. The Balaban J connectivity index is 1.76. The zero-order valence-electron chi connectivity index (χ0n) is 14.3. The summed E-state index contributed by atoms with van der Waals surface area (Å²) >= 11 is 0. The number of hydrogen-bond acceptors (Lipinski definition) is 4. The molecule has 2 aromatic carbocycles. The maximum atomic E-state index is 12.2. The van der Waals surface area contributed by atoms with Gasteiger partial charge in [-0.15, -0.1) is 0 Å². The molecule has 1 heterocycles. The van der Waals surface area contributed by atoms with Gasteiger partial charge in [0, 0.05) is 42.3 Å². The number of H-pyrrole nitrogens is 1. The monoisotopic (exact) mass is 370 g/mol. The molecule has 0 saturated carbocycles. The zero-order chi connectivity index (χ0) is 18.7. The third-order valence-electron chi connectivity index (χ3n) is 3.87. The highest BCUT2D eigenvalue weighted by Crippen LogP contribution is 2.16. The predicted molar refractivity (Wildman–Crippen MR) is 101 cm³/mol. The van der Waals surface area contributed by atoms with Gasteiger partial charge in [-0.2, -0.15) is 5.10 Å². The average molecular weight is 370 g/mol. The van der Waals surface area contributed by atoms with Crippen molar-refractivity contribution < 1.29 is 13.2 Å². The van der Waals surface area contributed by atoms with Crippen LogP contribution in [0.3, 0.4) is 0 Å². The van der Waals surface area contributed by atoms with Gasteiger partial charge in [-0.1, -0.05) is 24.3 Å². The van der Waals surface area contributed by atoms with E-state index in [0.29, 0.717) is 0 Å². The Bertz CT molecular complexity index is 1080. The summed E-state index contributed by atoms with van der Waals surface area (Å²) in [7, 11) is -0.726. The summed E-state index contributed by atoms with van der Waals surface area (Å²) in [6.45, 7) is 0. The first kappa shape index (κ1) is 17.8. The van der Waals surface area contributed by atoms with Crippen molar-refractivity contribution in [2.24, 2.45) is 5.10 Å². The lowest BCUT2D eigenvalue weighted by molar-refractivity contribution is 0.0955. The fraction of sp³-hybridized carbons (Fsp3) is 0.111. The minimum atomic E-state index is -3.60. The normalized spacial score (nSPS) is 12.1. The highest BCUT2D eigenvalue weighted by atomic mass is 32.2. The van der Waals surface area contributed by atoms with Crippen LogP contribution in [0.5, 0.6) is 0 Å². The lowest BCUT2D eigenvalue weighted by atomic mass is 10.2. The Morgan fingerprint density at radius 1 is 1.15 bits per heavy atom. The number of hydrazone groups is 1. The van der Waals surface area contributed by atoms with Gasteiger partial charge in [0.25, 0.3) is 5.91 Å². The molecule has 0 radical (unpaired) electrons. The molecule has 0 aliphatic carbocycles. The molecule has 1 aromatic heterocycles. The van der Waals surface area contributed by atoms with Gasteiger partial charge in [0.1, 0.15) is 0 Å². The molecule has 134 valence electrons. The quantitative estimate of drug-likeness (QED) is 0.532. The van der Waals surface area contributed by atoms with Crippen molar-refractivity contribution in [3.8, 4) is 0 Å². The summed E-state index contributed by atoms with van der Waals surface area (Å²) in [6.07, 6.45) is 3.34. The summed E-state index contributed by atoms with van der Waals surface area (Å²) in [4.78, 5) is 15.4. The second kappa shape index (κ2) is 7.11. The van der Waals surface area contributed by atoms with Crippen molar-refractivity contribution in [3.63, 3.8) is 0 Å². The highest BCUT2D eigenvalue weighted by Gasteiger charge is 2.18. The molecule has 0 saturated heterocycles. The summed E-state index contributed by atoms with van der Waals surface area (Å²) in [5.41, 5.74) is 4.44. The zero-order valence-corrected chi connectivity index (χ0v) is 15.1. The van der Waals surface area contributed by atoms with Crippen LogP contribution in [0.15, 0.2) is 64.7 Å². The number of nitrogens with one attached hydrogen (secondary N) is 2. The van der Waals surface area contributed by atoms with E-state index in [1.54, 1.807) is 6.20 Å². The van der Waals surface area contributed by atoms with Crippen LogP contribution >= 0.6 is 0 Å². The van der Waals surface area contributed by atoms with Gasteiger partial charge < -0.3 is 4.98 Å². The van der Waals surface area contributed by atoms with Gasteiger partial charge in [0.2, 0.25) is 10.0 Å². The van der Waals surface area contributed by atoms with Crippen LogP contribution in [0.25, 0.3) is 10.9 Å². The Kier molecular flexibility index (Phi) is 4.88. The van der Waals surface area contributed by atoms with E-state index in [1.165, 1.54) is 44.6 Å². The molecular weight excluding hydrogens is 352 g/mol. The number of carbonyl (C=O) groups excluding carboxylic acids is 1. The minimum Gasteiger partial charge on any atom is -0.361 e. The Labute approximate surface area is 151 Å². The van der Waals surface area contributed by atoms with Gasteiger partial charge in [-0.05, 0) is 24.3 Å². The molecule has 7 nitrogen and oxygen atoms in total. The molecule has 0 bridgehead atoms. The fourth-order valence-corrected chi connectivity index (χ4v) is 3.38. The molecule has 0 unspecified atom stereocenters. The molecule has 3 aromatic rings. The van der Waals surface area contributed by atoms with E-state index >= 15 is 0 Å². The van der Waals surface area contributed by atoms with E-state index in [0.717, 1.165) is 20.8 Å². The van der Waals surface area contributed by atoms with E-state index in [4.69, 9.17) is 0 Å². The number of sulfonamides is 1. The number of fused-ring (bicyclic) bond motifs is 1. The Morgan fingerprint density at radius 2 is 1.92 bits per heavy atom. The largest absolute Gasteiger partial charge is 0.361 e. The van der Waals surface area contributed by atoms with Crippen LogP contribution in [0, 0.1) is 0 Å². The van der Waals surface area contributed by atoms with Crippen molar-refractivity contribution >= 4 is 33.0 Å². The van der Waals surface area contributed by atoms with Crippen molar-refractivity contribution in [2.45, 2.75) is 4.90 Å². The van der Waals surface area contributed by atoms with E-state index < -0.39 is 15.9 Å². The van der Waals surface area contributed by atoms with E-state index in [2.05, 4.69) is 15.5 Å². The van der Waals surface area contributed by atoms with Gasteiger partial charge in [-0.25, -0.2) is 18.1 Å². The molecular formula is C18H18N4O3S. The Hall–Kier alpha value is -2.97. The van der Waals surface area contributed by atoms with Gasteiger partial charge in [0.05, 0.1) is 11.1 Å². The van der Waals surface area contributed by atoms with E-state index in [1.807, 2.05) is 24.3 Å². The number of benzene rings is 2. The third kappa shape index (κ3) is 3.51. The van der Waals surface area contributed by atoms with E-state index in [9.17, 15) is 13.2 Å². The molecule has 0 fully saturated rings. The maximum Gasteiger partial charge on any atom is 0.271 e. The standard InChI is InChI=1S/C18H18N4O3S/c1-22(2)26(24,25)15-7-5-6-13(10-15)18(23)21-20-12-14-11-19-17-9-4-3-8-16(14)17/h3-12,19H,1-2H3,(H,21,23)/b20-12+. The SMILES string of the molecule is CN(C)S(=O)(=O)c1cccc(C(=O)N/N=C/c2c[nH]c3ccccc23)c1. The lowest BCUT2D eigenvalue weighted by Gasteiger charge is -2.11. The molecule has 3 rings (SSSR count). The number of hydrogen-bond donors (Lipinski definition) is 2. The van der Waals surface area contributed by atoms with Gasteiger partial charge in [0.15, 0.2) is 0 Å². The molecule has 1 amide bonds. The van der Waals surface area contributed by atoms with Crippen molar-refractivity contribution in [1.29, 1.82) is 0 Å². The number of para-hydroxylation sites is 1. The van der Waals surface area contributed by atoms with Crippen LogP contribution in [0.4, 0.5) is 0 Å². The van der Waals surface area contributed by atoms with Crippen LogP contribution < -0.4 is 5.43 Å². The topological polar surface area (TPSA) is 94.6 Å². The lowest BCUT2D eigenvalue weighted by Crippen LogP contribution is -2.23. The van der Waals surface area contributed by atoms with Crippen LogP contribution in [-0.2, 0) is 10.0 Å².